The highest BCUT2D eigenvalue weighted by molar-refractivity contribution is 7.79. The van der Waals surface area contributed by atoms with Crippen molar-refractivity contribution in [1.29, 1.82) is 0 Å². The number of nitrogens with one attached hydrogen (secondary N) is 2. The van der Waals surface area contributed by atoms with Crippen LogP contribution in [0.15, 0.2) is 36.7 Å². The van der Waals surface area contributed by atoms with Gasteiger partial charge in [0.1, 0.15) is 17.1 Å². The Hall–Kier alpha value is -3.02. The van der Waals surface area contributed by atoms with Crippen molar-refractivity contribution in [3.8, 4) is 5.75 Å². The van der Waals surface area contributed by atoms with E-state index in [0.29, 0.717) is 11.7 Å². The van der Waals surface area contributed by atoms with Crippen LogP contribution in [0.2, 0.25) is 0 Å². The van der Waals surface area contributed by atoms with Gasteiger partial charge in [-0.3, -0.25) is 4.90 Å². The number of ether oxygens (including phenoxy) is 1. The summed E-state index contributed by atoms with van der Waals surface area (Å²) in [5, 5.41) is 7.60. The van der Waals surface area contributed by atoms with E-state index < -0.39 is 11.1 Å². The second kappa shape index (κ2) is 10.7. The summed E-state index contributed by atoms with van der Waals surface area (Å²) in [6.45, 7) is 10.3. The van der Waals surface area contributed by atoms with Gasteiger partial charge in [0.2, 0.25) is 5.95 Å². The van der Waals surface area contributed by atoms with Gasteiger partial charge in [0.15, 0.2) is 16.9 Å². The van der Waals surface area contributed by atoms with Gasteiger partial charge in [-0.15, -0.1) is 0 Å². The number of methoxy groups -OCH3 is 1. The average molecular weight is 500 g/mol. The lowest BCUT2D eigenvalue weighted by molar-refractivity contribution is 0.292. The smallest absolute Gasteiger partial charge is 0.227 e. The number of hydrogen-bond acceptors (Lipinski definition) is 9. The van der Waals surface area contributed by atoms with E-state index in [0.717, 1.165) is 60.8 Å². The zero-order chi connectivity index (χ0) is 25.0. The molecule has 2 aromatic heterocycles. The summed E-state index contributed by atoms with van der Waals surface area (Å²) in [7, 11) is 1.64. The molecule has 0 radical (unpaired) electrons. The van der Waals surface area contributed by atoms with Crippen LogP contribution in [0, 0.1) is 5.41 Å². The van der Waals surface area contributed by atoms with Crippen LogP contribution in [-0.4, -0.2) is 74.3 Å². The Labute approximate surface area is 208 Å². The fourth-order valence-corrected chi connectivity index (χ4v) is 4.46. The van der Waals surface area contributed by atoms with Crippen molar-refractivity contribution in [2.75, 3.05) is 61.2 Å². The summed E-state index contributed by atoms with van der Waals surface area (Å²) < 4.78 is 25.8. The Balaban J connectivity index is 1.51. The van der Waals surface area contributed by atoms with Crippen molar-refractivity contribution in [2.24, 2.45) is 5.41 Å². The van der Waals surface area contributed by atoms with E-state index in [9.17, 15) is 4.21 Å². The summed E-state index contributed by atoms with van der Waals surface area (Å²) in [5.41, 5.74) is 2.66. The van der Waals surface area contributed by atoms with Crippen molar-refractivity contribution < 1.29 is 13.5 Å². The summed E-state index contributed by atoms with van der Waals surface area (Å²) in [5.74, 6) is 2.06. The van der Waals surface area contributed by atoms with E-state index >= 15 is 0 Å². The van der Waals surface area contributed by atoms with E-state index in [-0.39, 0.29) is 11.3 Å². The number of nitrogens with zero attached hydrogens (tertiary/aromatic N) is 5. The Bertz CT molecular complexity index is 1190. The monoisotopic (exact) mass is 499 g/mol. The fourth-order valence-electron chi connectivity index (χ4n) is 3.89. The highest BCUT2D eigenvalue weighted by atomic mass is 32.2. The van der Waals surface area contributed by atoms with Crippen LogP contribution in [0.25, 0.3) is 10.9 Å². The van der Waals surface area contributed by atoms with Gasteiger partial charge in [0.25, 0.3) is 0 Å². The SMILES string of the molecule is COc1cc(N2CCN(CS(=O)O)CC2)ccc1Nc1ncc2ccnc(NCC(C)(C)C)c2n1. The molecule has 0 amide bonds. The molecule has 0 bridgehead atoms. The van der Waals surface area contributed by atoms with Crippen LogP contribution < -0.4 is 20.3 Å². The molecular weight excluding hydrogens is 466 g/mol. The molecule has 1 aliphatic rings. The second-order valence-corrected chi connectivity index (χ2v) is 10.7. The van der Waals surface area contributed by atoms with Crippen LogP contribution >= 0.6 is 0 Å². The standard InChI is InChI=1S/C24H33N7O3S/c1-24(2,3)15-27-22-21-17(7-8-25-22)14-26-23(29-21)28-19-6-5-18(13-20(19)34-4)31-11-9-30(10-12-31)16-35(32)33/h5-8,13-14H,9-12,15-16H2,1-4H3,(H,25,27)(H,32,33)(H,26,28,29). The maximum Gasteiger partial charge on any atom is 0.227 e. The predicted molar refractivity (Wildman–Crippen MR) is 141 cm³/mol. The minimum atomic E-state index is -1.80. The molecule has 0 saturated carbocycles. The number of benzene rings is 1. The zero-order valence-electron chi connectivity index (χ0n) is 20.6. The molecule has 1 saturated heterocycles. The maximum absolute atomic E-state index is 11.1. The van der Waals surface area contributed by atoms with Crippen LogP contribution in [0.4, 0.5) is 23.1 Å². The molecule has 1 fully saturated rings. The van der Waals surface area contributed by atoms with E-state index in [1.807, 2.05) is 29.2 Å². The molecule has 1 atom stereocenters. The van der Waals surface area contributed by atoms with E-state index in [1.165, 1.54) is 0 Å². The largest absolute Gasteiger partial charge is 0.494 e. The van der Waals surface area contributed by atoms with Crippen molar-refractivity contribution in [3.63, 3.8) is 0 Å². The molecule has 35 heavy (non-hydrogen) atoms. The third kappa shape index (κ3) is 6.56. The van der Waals surface area contributed by atoms with Crippen LogP contribution in [0.1, 0.15) is 20.8 Å². The minimum Gasteiger partial charge on any atom is -0.494 e. The van der Waals surface area contributed by atoms with Crippen LogP contribution in [0.5, 0.6) is 5.75 Å². The minimum absolute atomic E-state index is 0.108. The third-order valence-corrected chi connectivity index (χ3v) is 6.33. The van der Waals surface area contributed by atoms with Gasteiger partial charge in [-0.2, -0.15) is 0 Å². The number of aromatic nitrogens is 3. The molecule has 0 aliphatic carbocycles. The molecule has 11 heteroatoms. The molecule has 3 aromatic rings. The van der Waals surface area contributed by atoms with Gasteiger partial charge in [-0.25, -0.2) is 19.2 Å². The summed E-state index contributed by atoms with van der Waals surface area (Å²) in [4.78, 5) is 17.9. The number of fused-ring (bicyclic) bond motifs is 1. The van der Waals surface area contributed by atoms with E-state index in [1.54, 1.807) is 19.5 Å². The quantitative estimate of drug-likeness (QED) is 0.398. The van der Waals surface area contributed by atoms with Crippen molar-refractivity contribution in [1.82, 2.24) is 19.9 Å². The zero-order valence-corrected chi connectivity index (χ0v) is 21.4. The number of pyridine rings is 1. The molecule has 4 rings (SSSR count). The van der Waals surface area contributed by atoms with Gasteiger partial charge >= 0.3 is 0 Å². The topological polar surface area (TPSA) is 116 Å². The highest BCUT2D eigenvalue weighted by Crippen LogP contribution is 2.32. The van der Waals surface area contributed by atoms with Gasteiger partial charge in [-0.1, -0.05) is 20.8 Å². The molecule has 10 nitrogen and oxygen atoms in total. The number of piperazine rings is 1. The van der Waals surface area contributed by atoms with Crippen LogP contribution in [-0.2, 0) is 11.1 Å². The summed E-state index contributed by atoms with van der Waals surface area (Å²) >= 11 is -1.80. The molecule has 1 aromatic carbocycles. The first-order valence-corrected chi connectivity index (χ1v) is 12.8. The molecule has 3 heterocycles. The predicted octanol–water partition coefficient (Wildman–Crippen LogP) is 3.54. The summed E-state index contributed by atoms with van der Waals surface area (Å²) in [6.07, 6.45) is 3.54. The van der Waals surface area contributed by atoms with Crippen LogP contribution in [0.3, 0.4) is 0 Å². The van der Waals surface area contributed by atoms with Gasteiger partial charge < -0.3 is 24.8 Å². The van der Waals surface area contributed by atoms with E-state index in [2.05, 4.69) is 46.3 Å². The Kier molecular flexibility index (Phi) is 7.68. The highest BCUT2D eigenvalue weighted by Gasteiger charge is 2.20. The first-order chi connectivity index (χ1) is 16.7. The molecule has 1 unspecified atom stereocenters. The van der Waals surface area contributed by atoms with Gasteiger partial charge in [0, 0.05) is 62.3 Å². The Morgan fingerprint density at radius 2 is 1.91 bits per heavy atom. The fraction of sp³-hybridized carbons (Fsp3) is 0.458. The molecular formula is C24H33N7O3S. The number of hydrogen-bond donors (Lipinski definition) is 3. The lowest BCUT2D eigenvalue weighted by Gasteiger charge is -2.35. The lowest BCUT2D eigenvalue weighted by atomic mass is 9.97. The van der Waals surface area contributed by atoms with Crippen molar-refractivity contribution >= 4 is 45.1 Å². The summed E-state index contributed by atoms with van der Waals surface area (Å²) in [6, 6.07) is 7.87. The second-order valence-electron chi connectivity index (χ2n) is 9.77. The Morgan fingerprint density at radius 1 is 1.14 bits per heavy atom. The first-order valence-electron chi connectivity index (χ1n) is 11.6. The van der Waals surface area contributed by atoms with Crippen molar-refractivity contribution in [2.45, 2.75) is 20.8 Å². The molecule has 3 N–H and O–H groups in total. The number of rotatable bonds is 8. The van der Waals surface area contributed by atoms with E-state index in [4.69, 9.17) is 14.3 Å². The number of anilines is 4. The first kappa shape index (κ1) is 25.1. The average Bonchev–Trinajstić information content (AvgIpc) is 2.82. The lowest BCUT2D eigenvalue weighted by Crippen LogP contribution is -2.47. The molecule has 1 aliphatic heterocycles. The maximum atomic E-state index is 11.1. The van der Waals surface area contributed by atoms with Crippen molar-refractivity contribution in [3.05, 3.63) is 36.7 Å². The molecule has 0 spiro atoms. The Morgan fingerprint density at radius 3 is 2.60 bits per heavy atom. The normalized spacial score (nSPS) is 15.7. The van der Waals surface area contributed by atoms with Gasteiger partial charge in [0.05, 0.1) is 12.8 Å². The van der Waals surface area contributed by atoms with Gasteiger partial charge in [-0.05, 0) is 23.6 Å². The third-order valence-electron chi connectivity index (χ3n) is 5.75. The molecule has 188 valence electrons.